The van der Waals surface area contributed by atoms with Gasteiger partial charge in [0.05, 0.1) is 0 Å². The second-order valence-corrected chi connectivity index (χ2v) is 8.26. The van der Waals surface area contributed by atoms with E-state index < -0.39 is 11.6 Å². The number of rotatable bonds is 6. The molecular weight excluding hydrogens is 386 g/mol. The minimum absolute atomic E-state index is 0.132. The van der Waals surface area contributed by atoms with E-state index in [1.807, 2.05) is 23.1 Å². The van der Waals surface area contributed by atoms with Crippen LogP contribution in [0.3, 0.4) is 0 Å². The molecule has 0 saturated carbocycles. The number of carbonyl (C=O) groups is 1. The maximum Gasteiger partial charge on any atom is 0.315 e. The molecule has 2 aromatic carbocycles. The lowest BCUT2D eigenvalue weighted by atomic mass is 10.1. The zero-order chi connectivity index (χ0) is 20.9. The Bertz CT molecular complexity index is 864. The second-order valence-electron chi connectivity index (χ2n) is 8.26. The normalized spacial score (nSPS) is 21.7. The van der Waals surface area contributed by atoms with Crippen LogP contribution in [0.15, 0.2) is 48.5 Å². The van der Waals surface area contributed by atoms with E-state index in [1.165, 1.54) is 11.6 Å². The van der Waals surface area contributed by atoms with Crippen molar-refractivity contribution >= 4 is 11.7 Å². The Morgan fingerprint density at radius 3 is 2.63 bits per heavy atom. The van der Waals surface area contributed by atoms with Crippen molar-refractivity contribution in [3.8, 4) is 0 Å². The molecule has 2 N–H and O–H groups in total. The monoisotopic (exact) mass is 414 g/mol. The van der Waals surface area contributed by atoms with E-state index in [1.54, 1.807) is 6.07 Å². The van der Waals surface area contributed by atoms with Crippen LogP contribution in [0.4, 0.5) is 19.3 Å². The van der Waals surface area contributed by atoms with Gasteiger partial charge < -0.3 is 15.5 Å². The maximum absolute atomic E-state index is 13.5. The number of nitrogens with one attached hydrogen (secondary N) is 2. The number of amides is 2. The zero-order valence-corrected chi connectivity index (χ0v) is 17.0. The number of nitrogens with zero attached hydrogens (tertiary/aromatic N) is 2. The molecule has 2 atom stereocenters. The van der Waals surface area contributed by atoms with Gasteiger partial charge in [-0.05, 0) is 36.5 Å². The summed E-state index contributed by atoms with van der Waals surface area (Å²) >= 11 is 0. The Kier molecular flexibility index (Phi) is 6.47. The molecule has 2 amide bonds. The van der Waals surface area contributed by atoms with Crippen LogP contribution in [0.25, 0.3) is 0 Å². The van der Waals surface area contributed by atoms with Crippen molar-refractivity contribution in [3.63, 3.8) is 0 Å². The third-order valence-electron chi connectivity index (χ3n) is 5.96. The summed E-state index contributed by atoms with van der Waals surface area (Å²) in [5, 5.41) is 6.06. The second kappa shape index (κ2) is 9.43. The quantitative estimate of drug-likeness (QED) is 0.762. The van der Waals surface area contributed by atoms with E-state index in [9.17, 15) is 13.6 Å². The highest BCUT2D eigenvalue weighted by Crippen LogP contribution is 2.25. The summed E-state index contributed by atoms with van der Waals surface area (Å²) in [7, 11) is 0. The summed E-state index contributed by atoms with van der Waals surface area (Å²) in [4.78, 5) is 16.7. The van der Waals surface area contributed by atoms with Crippen LogP contribution in [0.5, 0.6) is 0 Å². The topological polar surface area (TPSA) is 47.6 Å². The van der Waals surface area contributed by atoms with Gasteiger partial charge >= 0.3 is 6.03 Å². The first-order valence-electron chi connectivity index (χ1n) is 10.6. The first-order valence-corrected chi connectivity index (χ1v) is 10.6. The predicted octanol–water partition coefficient (Wildman–Crippen LogP) is 3.36. The zero-order valence-electron chi connectivity index (χ0n) is 17.0. The van der Waals surface area contributed by atoms with Crippen molar-refractivity contribution in [2.75, 3.05) is 37.6 Å². The molecule has 4 rings (SSSR count). The molecule has 2 saturated heterocycles. The fourth-order valence-electron chi connectivity index (χ4n) is 4.32. The highest BCUT2D eigenvalue weighted by molar-refractivity contribution is 5.74. The number of carbonyl (C=O) groups excluding carboxylic acids is 1. The van der Waals surface area contributed by atoms with Gasteiger partial charge in [-0.1, -0.05) is 30.3 Å². The van der Waals surface area contributed by atoms with Gasteiger partial charge in [-0.15, -0.1) is 0 Å². The first kappa shape index (κ1) is 20.6. The van der Waals surface area contributed by atoms with Gasteiger partial charge in [-0.25, -0.2) is 13.6 Å². The molecule has 0 radical (unpaired) electrons. The van der Waals surface area contributed by atoms with E-state index in [4.69, 9.17) is 0 Å². The third kappa shape index (κ3) is 5.27. The van der Waals surface area contributed by atoms with Gasteiger partial charge in [0.15, 0.2) is 11.6 Å². The molecule has 30 heavy (non-hydrogen) atoms. The minimum atomic E-state index is -0.831. The van der Waals surface area contributed by atoms with Crippen LogP contribution in [-0.4, -0.2) is 49.7 Å². The van der Waals surface area contributed by atoms with E-state index in [0.717, 1.165) is 51.6 Å². The van der Waals surface area contributed by atoms with Crippen LogP contribution in [0.2, 0.25) is 0 Å². The van der Waals surface area contributed by atoms with E-state index in [2.05, 4.69) is 27.7 Å². The summed E-state index contributed by atoms with van der Waals surface area (Å²) < 4.78 is 26.6. The summed E-state index contributed by atoms with van der Waals surface area (Å²) in [6, 6.07) is 14.4. The maximum atomic E-state index is 13.5. The number of benzene rings is 2. The lowest BCUT2D eigenvalue weighted by Crippen LogP contribution is -2.44. The summed E-state index contributed by atoms with van der Waals surface area (Å²) in [6.07, 6.45) is 1.86. The molecule has 5 nitrogen and oxygen atoms in total. The van der Waals surface area contributed by atoms with Gasteiger partial charge in [-0.2, -0.15) is 0 Å². The van der Waals surface area contributed by atoms with E-state index >= 15 is 0 Å². The van der Waals surface area contributed by atoms with Crippen LogP contribution >= 0.6 is 0 Å². The molecule has 0 aliphatic carbocycles. The van der Waals surface area contributed by atoms with Crippen molar-refractivity contribution in [1.29, 1.82) is 0 Å². The molecule has 0 bridgehead atoms. The molecule has 0 aromatic heterocycles. The summed E-state index contributed by atoms with van der Waals surface area (Å²) in [5.74, 6) is -1.37. The van der Waals surface area contributed by atoms with Crippen LogP contribution in [-0.2, 0) is 6.54 Å². The Labute approximate surface area is 176 Å². The van der Waals surface area contributed by atoms with Crippen LogP contribution in [0, 0.1) is 17.6 Å². The SMILES string of the molecule is O=C(NC[C@H]1CCN(c2ccc(F)c(F)c2)C1)N[C@@H]1CCN(Cc2ccccc2)C1. The number of likely N-dealkylation sites (tertiary alicyclic amines) is 1. The van der Waals surface area contributed by atoms with E-state index in [-0.39, 0.29) is 12.1 Å². The van der Waals surface area contributed by atoms with Gasteiger partial charge in [0.1, 0.15) is 0 Å². The Morgan fingerprint density at radius 2 is 1.83 bits per heavy atom. The molecule has 7 heteroatoms. The van der Waals surface area contributed by atoms with Gasteiger partial charge in [0, 0.05) is 57.1 Å². The summed E-state index contributed by atoms with van der Waals surface area (Å²) in [5.41, 5.74) is 1.97. The van der Waals surface area contributed by atoms with Crippen LogP contribution in [0.1, 0.15) is 18.4 Å². The Morgan fingerprint density at radius 1 is 1.00 bits per heavy atom. The van der Waals surface area contributed by atoms with Crippen molar-refractivity contribution in [3.05, 3.63) is 65.7 Å². The predicted molar refractivity (Wildman–Crippen MR) is 113 cm³/mol. The molecular formula is C23H28F2N4O. The minimum Gasteiger partial charge on any atom is -0.371 e. The summed E-state index contributed by atoms with van der Waals surface area (Å²) in [6.45, 7) is 4.81. The fraction of sp³-hybridized carbons (Fsp3) is 0.435. The van der Waals surface area contributed by atoms with Crippen molar-refractivity contribution in [2.24, 2.45) is 5.92 Å². The molecule has 2 aliphatic rings. The number of hydrogen-bond donors (Lipinski definition) is 2. The number of anilines is 1. The number of urea groups is 1. The molecule has 2 fully saturated rings. The Balaban J connectivity index is 1.17. The molecule has 2 aromatic rings. The van der Waals surface area contributed by atoms with Crippen molar-refractivity contribution in [2.45, 2.75) is 25.4 Å². The van der Waals surface area contributed by atoms with Gasteiger partial charge in [-0.3, -0.25) is 4.90 Å². The van der Waals surface area contributed by atoms with Gasteiger partial charge in [0.25, 0.3) is 0 Å². The smallest absolute Gasteiger partial charge is 0.315 e. The molecule has 2 aliphatic heterocycles. The van der Waals surface area contributed by atoms with Gasteiger partial charge in [0.2, 0.25) is 0 Å². The van der Waals surface area contributed by atoms with Crippen molar-refractivity contribution in [1.82, 2.24) is 15.5 Å². The van der Waals surface area contributed by atoms with Crippen LogP contribution < -0.4 is 15.5 Å². The fourth-order valence-corrected chi connectivity index (χ4v) is 4.32. The molecule has 0 spiro atoms. The highest BCUT2D eigenvalue weighted by atomic mass is 19.2. The highest BCUT2D eigenvalue weighted by Gasteiger charge is 2.26. The van der Waals surface area contributed by atoms with E-state index in [0.29, 0.717) is 18.2 Å². The number of halogens is 2. The largest absolute Gasteiger partial charge is 0.371 e. The Hall–Kier alpha value is -2.67. The average molecular weight is 415 g/mol. The third-order valence-corrected chi connectivity index (χ3v) is 5.96. The van der Waals surface area contributed by atoms with Crippen molar-refractivity contribution < 1.29 is 13.6 Å². The number of hydrogen-bond acceptors (Lipinski definition) is 3. The average Bonchev–Trinajstić information content (AvgIpc) is 3.39. The molecule has 0 unspecified atom stereocenters. The molecule has 160 valence electrons. The molecule has 2 heterocycles. The standard InChI is InChI=1S/C23H28F2N4O/c24-21-7-6-20(12-22(21)25)29-11-8-18(15-29)13-26-23(30)27-19-9-10-28(16-19)14-17-4-2-1-3-5-17/h1-7,12,18-19H,8-11,13-16H2,(H2,26,27,30)/t18-,19-/m1/s1. The lowest BCUT2D eigenvalue weighted by molar-refractivity contribution is 0.234. The lowest BCUT2D eigenvalue weighted by Gasteiger charge is -2.20. The first-order chi connectivity index (χ1) is 14.6.